The fourth-order valence-electron chi connectivity index (χ4n) is 0.530. The van der Waals surface area contributed by atoms with Crippen molar-refractivity contribution in [1.82, 2.24) is 9.97 Å². The van der Waals surface area contributed by atoms with Gasteiger partial charge in [-0.3, -0.25) is 0 Å². The molecule has 0 bridgehead atoms. The van der Waals surface area contributed by atoms with E-state index in [1.54, 1.807) is 0 Å². The highest BCUT2D eigenvalue weighted by atomic mass is 35.5. The van der Waals surface area contributed by atoms with Gasteiger partial charge in [0.25, 0.3) is 0 Å². The van der Waals surface area contributed by atoms with E-state index in [1.165, 1.54) is 0 Å². The fourth-order valence-corrected chi connectivity index (χ4v) is 1.39. The van der Waals surface area contributed by atoms with Crippen molar-refractivity contribution in [1.29, 1.82) is 0 Å². The van der Waals surface area contributed by atoms with Gasteiger partial charge >= 0.3 is 0 Å². The standard InChI is InChI=1S/C6H2Cl2N2OS/c1-11-3-4(7)9-6(12-2)10-5(3)8/h1-2H. The number of hydrogen-bond acceptors (Lipinski definition) is 4. The van der Waals surface area contributed by atoms with E-state index in [0.717, 1.165) is 11.8 Å². The van der Waals surface area contributed by atoms with Crippen LogP contribution in [0.1, 0.15) is 0 Å². The average molecular weight is 221 g/mol. The summed E-state index contributed by atoms with van der Waals surface area (Å²) in [5.74, 6) is 0.0381. The van der Waals surface area contributed by atoms with Crippen molar-refractivity contribution in [3.63, 3.8) is 0 Å². The Balaban J connectivity index is 3.18. The second-order valence-electron chi connectivity index (χ2n) is 1.65. The Hall–Kier alpha value is -0.190. The molecule has 1 heterocycles. The third kappa shape index (κ3) is 1.94. The molecule has 0 aliphatic rings. The van der Waals surface area contributed by atoms with Crippen LogP contribution in [-0.4, -0.2) is 9.97 Å². The highest BCUT2D eigenvalue weighted by molar-refractivity contribution is 8.00. The summed E-state index contributed by atoms with van der Waals surface area (Å²) in [5, 5.41) is 0.321. The Bertz CT molecular complexity index is 272. The number of halogens is 2. The van der Waals surface area contributed by atoms with E-state index in [4.69, 9.17) is 36.6 Å². The Morgan fingerprint density at radius 1 is 1.25 bits per heavy atom. The molecule has 0 unspecified atom stereocenters. The highest BCUT2D eigenvalue weighted by Gasteiger charge is 2.10. The molecule has 0 aliphatic carbocycles. The summed E-state index contributed by atoms with van der Waals surface area (Å²) in [6.07, 6.45) is 5.18. The lowest BCUT2D eigenvalue weighted by molar-refractivity contribution is 0.466. The average Bonchev–Trinajstić information content (AvgIpc) is 2.03. The lowest BCUT2D eigenvalue weighted by Crippen LogP contribution is -1.92. The minimum atomic E-state index is 0.0328. The molecular formula is C6H2Cl2N2OS. The summed E-state index contributed by atoms with van der Waals surface area (Å²) in [7, 11) is 4.86. The van der Waals surface area contributed by atoms with Gasteiger partial charge in [-0.1, -0.05) is 35.0 Å². The summed E-state index contributed by atoms with van der Waals surface area (Å²) in [6, 6.07) is 0. The molecule has 0 atom stereocenters. The van der Waals surface area contributed by atoms with Crippen LogP contribution in [0, 0.1) is 13.4 Å². The largest absolute Gasteiger partial charge is 0.476 e. The van der Waals surface area contributed by atoms with Gasteiger partial charge in [0.2, 0.25) is 0 Å². The minimum Gasteiger partial charge on any atom is -0.476 e. The van der Waals surface area contributed by atoms with Crippen LogP contribution >= 0.6 is 35.0 Å². The first-order valence-corrected chi connectivity index (χ1v) is 4.29. The Morgan fingerprint density at radius 2 is 1.75 bits per heavy atom. The number of rotatable bonds is 2. The second-order valence-corrected chi connectivity index (χ2v) is 2.97. The molecule has 12 heavy (non-hydrogen) atoms. The molecule has 4 radical (unpaired) electrons. The van der Waals surface area contributed by atoms with Crippen molar-refractivity contribution in [3.05, 3.63) is 23.7 Å². The number of nitrogens with zero attached hydrogens (tertiary/aromatic N) is 2. The molecule has 0 saturated carbocycles. The molecule has 3 nitrogen and oxygen atoms in total. The summed E-state index contributed by atoms with van der Waals surface area (Å²) in [4.78, 5) is 7.45. The summed E-state index contributed by atoms with van der Waals surface area (Å²) in [5.41, 5.74) is 0. The SMILES string of the molecule is [CH]Oc1c(Cl)nc(S[CH])nc1Cl. The molecule has 0 N–H and O–H groups in total. The quantitative estimate of drug-likeness (QED) is 0.436. The van der Waals surface area contributed by atoms with E-state index in [9.17, 15) is 0 Å². The minimum absolute atomic E-state index is 0.0328. The van der Waals surface area contributed by atoms with Gasteiger partial charge in [0.15, 0.2) is 28.3 Å². The van der Waals surface area contributed by atoms with Gasteiger partial charge in [0.1, 0.15) is 0 Å². The van der Waals surface area contributed by atoms with Gasteiger partial charge in [-0.2, -0.15) is 0 Å². The maximum atomic E-state index is 5.60. The first kappa shape index (κ1) is 9.89. The van der Waals surface area contributed by atoms with E-state index in [1.807, 2.05) is 0 Å². The smallest absolute Gasteiger partial charge is 0.194 e. The molecule has 0 amide bonds. The summed E-state index contributed by atoms with van der Waals surface area (Å²) >= 11 is 12.0. The Labute approximate surface area is 84.4 Å². The molecular weight excluding hydrogens is 219 g/mol. The molecule has 0 aliphatic heterocycles. The van der Waals surface area contributed by atoms with E-state index in [2.05, 4.69) is 14.7 Å². The van der Waals surface area contributed by atoms with Crippen molar-refractivity contribution >= 4 is 35.0 Å². The van der Waals surface area contributed by atoms with Crippen molar-refractivity contribution in [2.24, 2.45) is 0 Å². The fraction of sp³-hybridized carbons (Fsp3) is 0. The zero-order valence-electron chi connectivity index (χ0n) is 5.62. The van der Waals surface area contributed by atoms with Gasteiger partial charge in [-0.05, 0) is 0 Å². The van der Waals surface area contributed by atoms with Gasteiger partial charge in [0, 0.05) is 6.26 Å². The zero-order valence-corrected chi connectivity index (χ0v) is 7.95. The molecule has 0 fully saturated rings. The molecule has 0 spiro atoms. The van der Waals surface area contributed by atoms with Crippen molar-refractivity contribution in [2.75, 3.05) is 0 Å². The molecule has 1 rings (SSSR count). The lowest BCUT2D eigenvalue weighted by Gasteiger charge is -2.03. The molecule has 6 heteroatoms. The summed E-state index contributed by atoms with van der Waals surface area (Å²) in [6.45, 7) is 0. The second kappa shape index (κ2) is 4.16. The summed E-state index contributed by atoms with van der Waals surface area (Å²) < 4.78 is 4.34. The maximum absolute atomic E-state index is 5.60. The van der Waals surface area contributed by atoms with Gasteiger partial charge in [-0.25, -0.2) is 9.97 Å². The predicted octanol–water partition coefficient (Wildman–Crippen LogP) is 2.59. The first-order valence-electron chi connectivity index (χ1n) is 2.65. The molecule has 1 aromatic rings. The predicted molar refractivity (Wildman–Crippen MR) is 47.1 cm³/mol. The third-order valence-electron chi connectivity index (χ3n) is 0.986. The number of hydrogen-bond donors (Lipinski definition) is 0. The van der Waals surface area contributed by atoms with Crippen LogP contribution in [0.2, 0.25) is 10.3 Å². The number of aromatic nitrogens is 2. The lowest BCUT2D eigenvalue weighted by atomic mass is 10.6. The topological polar surface area (TPSA) is 35.0 Å². The normalized spacial score (nSPS) is 10.0. The first-order chi connectivity index (χ1) is 5.69. The van der Waals surface area contributed by atoms with Crippen molar-refractivity contribution in [2.45, 2.75) is 5.16 Å². The molecule has 0 aromatic carbocycles. The van der Waals surface area contributed by atoms with E-state index in [0.29, 0.717) is 0 Å². The van der Waals surface area contributed by atoms with Crippen LogP contribution in [0.4, 0.5) is 0 Å². The van der Waals surface area contributed by atoms with Crippen LogP contribution in [-0.2, 0) is 0 Å². The molecule has 62 valence electrons. The zero-order chi connectivity index (χ0) is 9.14. The molecule has 0 saturated heterocycles. The van der Waals surface area contributed by atoms with Crippen LogP contribution in [0.5, 0.6) is 5.75 Å². The number of ether oxygens (including phenoxy) is 1. The van der Waals surface area contributed by atoms with Gasteiger partial charge in [-0.15, -0.1) is 0 Å². The van der Waals surface area contributed by atoms with E-state index < -0.39 is 0 Å². The Morgan fingerprint density at radius 3 is 2.08 bits per heavy atom. The maximum Gasteiger partial charge on any atom is 0.194 e. The van der Waals surface area contributed by atoms with Crippen LogP contribution < -0.4 is 4.74 Å². The Kier molecular flexibility index (Phi) is 3.43. The number of thioether (sulfide) groups is 1. The van der Waals surface area contributed by atoms with Crippen LogP contribution in [0.15, 0.2) is 5.16 Å². The van der Waals surface area contributed by atoms with Gasteiger partial charge < -0.3 is 4.74 Å². The van der Waals surface area contributed by atoms with Crippen molar-refractivity contribution in [3.8, 4) is 5.75 Å². The van der Waals surface area contributed by atoms with Crippen molar-refractivity contribution < 1.29 is 4.74 Å². The third-order valence-corrected chi connectivity index (χ3v) is 1.89. The van der Waals surface area contributed by atoms with E-state index >= 15 is 0 Å². The highest BCUT2D eigenvalue weighted by Crippen LogP contribution is 2.31. The monoisotopic (exact) mass is 220 g/mol. The molecule has 1 aromatic heterocycles. The van der Waals surface area contributed by atoms with Gasteiger partial charge in [0.05, 0.1) is 0 Å². The van der Waals surface area contributed by atoms with Crippen LogP contribution in [0.3, 0.4) is 0 Å². The van der Waals surface area contributed by atoms with E-state index in [-0.39, 0.29) is 21.2 Å². The van der Waals surface area contributed by atoms with Crippen LogP contribution in [0.25, 0.3) is 0 Å².